The molecule has 0 unspecified atom stereocenters. The van der Waals surface area contributed by atoms with Crippen molar-refractivity contribution in [3.8, 4) is 0 Å². The van der Waals surface area contributed by atoms with Gasteiger partial charge in [-0.25, -0.2) is 4.98 Å². The van der Waals surface area contributed by atoms with Gasteiger partial charge >= 0.3 is 0 Å². The number of hydrogen-bond acceptors (Lipinski definition) is 2. The van der Waals surface area contributed by atoms with Crippen molar-refractivity contribution in [2.45, 2.75) is 13.2 Å². The van der Waals surface area contributed by atoms with Gasteiger partial charge in [0.15, 0.2) is 0 Å². The lowest BCUT2D eigenvalue weighted by Crippen LogP contribution is -1.96. The number of rotatable bonds is 4. The molecule has 1 heterocycles. The number of nitrogens with zero attached hydrogens (tertiary/aromatic N) is 1. The van der Waals surface area contributed by atoms with Crippen LogP contribution in [0.2, 0.25) is 5.15 Å². The average Bonchev–Trinajstić information content (AvgIpc) is 2.32. The van der Waals surface area contributed by atoms with Crippen LogP contribution >= 0.6 is 27.5 Å². The van der Waals surface area contributed by atoms with E-state index in [-0.39, 0.29) is 0 Å². The van der Waals surface area contributed by atoms with E-state index in [1.54, 1.807) is 6.07 Å². The first-order valence-corrected chi connectivity index (χ1v) is 6.35. The fraction of sp³-hybridized carbons (Fsp3) is 0.154. The Kier molecular flexibility index (Phi) is 4.54. The molecule has 0 fully saturated rings. The molecule has 0 aliphatic heterocycles. The Morgan fingerprint density at radius 3 is 2.53 bits per heavy atom. The zero-order chi connectivity index (χ0) is 12.1. The maximum absolute atomic E-state index is 5.79. The maximum Gasteiger partial charge on any atom is 0.129 e. The zero-order valence-corrected chi connectivity index (χ0v) is 11.4. The molecule has 0 saturated heterocycles. The van der Waals surface area contributed by atoms with E-state index < -0.39 is 0 Å². The minimum atomic E-state index is 0.469. The van der Waals surface area contributed by atoms with E-state index in [2.05, 4.69) is 20.9 Å². The van der Waals surface area contributed by atoms with Crippen molar-refractivity contribution in [1.29, 1.82) is 0 Å². The van der Waals surface area contributed by atoms with Gasteiger partial charge in [0.2, 0.25) is 0 Å². The van der Waals surface area contributed by atoms with Crippen molar-refractivity contribution < 1.29 is 4.74 Å². The molecule has 0 atom stereocenters. The zero-order valence-electron chi connectivity index (χ0n) is 9.07. The summed E-state index contributed by atoms with van der Waals surface area (Å²) in [5.74, 6) is 0. The smallest absolute Gasteiger partial charge is 0.129 e. The highest BCUT2D eigenvalue weighted by Crippen LogP contribution is 2.12. The number of aromatic nitrogens is 1. The minimum Gasteiger partial charge on any atom is -0.370 e. The third-order valence-corrected chi connectivity index (χ3v) is 2.94. The molecule has 1 aromatic carbocycles. The van der Waals surface area contributed by atoms with E-state index in [4.69, 9.17) is 16.3 Å². The van der Waals surface area contributed by atoms with Crippen LogP contribution in [0.3, 0.4) is 0 Å². The number of hydrogen-bond donors (Lipinski definition) is 0. The molecule has 17 heavy (non-hydrogen) atoms. The quantitative estimate of drug-likeness (QED) is 0.789. The summed E-state index contributed by atoms with van der Waals surface area (Å²) in [6, 6.07) is 13.6. The average molecular weight is 313 g/mol. The minimum absolute atomic E-state index is 0.469. The Bertz CT molecular complexity index is 487. The standard InChI is InChI=1S/C13H11BrClNO/c14-11-6-4-10(5-7-11)8-17-9-12-2-1-3-13(15)16-12/h1-7H,8-9H2. The Labute approximate surface area is 114 Å². The lowest BCUT2D eigenvalue weighted by Gasteiger charge is -2.04. The van der Waals surface area contributed by atoms with E-state index >= 15 is 0 Å². The van der Waals surface area contributed by atoms with Crippen LogP contribution in [0.25, 0.3) is 0 Å². The van der Waals surface area contributed by atoms with Gasteiger partial charge in [-0.05, 0) is 29.8 Å². The van der Waals surface area contributed by atoms with Crippen molar-refractivity contribution in [1.82, 2.24) is 4.98 Å². The molecule has 0 spiro atoms. The molecule has 0 amide bonds. The van der Waals surface area contributed by atoms with Crippen molar-refractivity contribution in [3.05, 3.63) is 63.3 Å². The van der Waals surface area contributed by atoms with Gasteiger partial charge in [0.05, 0.1) is 18.9 Å². The molecule has 0 aliphatic carbocycles. The fourth-order valence-electron chi connectivity index (χ4n) is 1.38. The SMILES string of the molecule is Clc1cccc(COCc2ccc(Br)cc2)n1. The Balaban J connectivity index is 1.85. The molecule has 0 aliphatic rings. The highest BCUT2D eigenvalue weighted by Gasteiger charge is 1.97. The monoisotopic (exact) mass is 311 g/mol. The molecule has 0 saturated carbocycles. The van der Waals surface area contributed by atoms with Crippen LogP contribution < -0.4 is 0 Å². The first kappa shape index (κ1) is 12.6. The van der Waals surface area contributed by atoms with E-state index in [0.29, 0.717) is 18.4 Å². The second kappa shape index (κ2) is 6.15. The molecule has 4 heteroatoms. The van der Waals surface area contributed by atoms with E-state index in [1.807, 2.05) is 36.4 Å². The number of pyridine rings is 1. The molecular weight excluding hydrogens is 302 g/mol. The summed E-state index contributed by atoms with van der Waals surface area (Å²) in [7, 11) is 0. The Hall–Kier alpha value is -0.900. The van der Waals surface area contributed by atoms with Gasteiger partial charge in [-0.15, -0.1) is 0 Å². The molecule has 2 aromatic rings. The molecule has 0 bridgehead atoms. The van der Waals surface area contributed by atoms with Crippen LogP contribution in [0.1, 0.15) is 11.3 Å². The van der Waals surface area contributed by atoms with Crippen LogP contribution in [-0.4, -0.2) is 4.98 Å². The first-order valence-electron chi connectivity index (χ1n) is 5.18. The predicted molar refractivity (Wildman–Crippen MR) is 71.9 cm³/mol. The van der Waals surface area contributed by atoms with Gasteiger partial charge in [0.25, 0.3) is 0 Å². The molecule has 88 valence electrons. The number of halogens is 2. The summed E-state index contributed by atoms with van der Waals surface area (Å²) in [4.78, 5) is 4.15. The molecule has 2 nitrogen and oxygen atoms in total. The second-order valence-corrected chi connectivity index (χ2v) is 4.87. The third-order valence-electron chi connectivity index (χ3n) is 2.20. The van der Waals surface area contributed by atoms with Gasteiger partial charge < -0.3 is 4.74 Å². The highest BCUT2D eigenvalue weighted by molar-refractivity contribution is 9.10. The molecule has 0 radical (unpaired) electrons. The van der Waals surface area contributed by atoms with Gasteiger partial charge in [-0.2, -0.15) is 0 Å². The molecule has 1 aromatic heterocycles. The normalized spacial score (nSPS) is 10.5. The lowest BCUT2D eigenvalue weighted by atomic mass is 10.2. The Morgan fingerprint density at radius 2 is 1.82 bits per heavy atom. The molecular formula is C13H11BrClNO. The number of benzene rings is 1. The van der Waals surface area contributed by atoms with Gasteiger partial charge in [0, 0.05) is 4.47 Å². The van der Waals surface area contributed by atoms with Crippen LogP contribution in [0.15, 0.2) is 46.9 Å². The predicted octanol–water partition coefficient (Wildman–Crippen LogP) is 4.21. The summed E-state index contributed by atoms with van der Waals surface area (Å²) in [5.41, 5.74) is 1.98. The fourth-order valence-corrected chi connectivity index (χ4v) is 1.83. The molecule has 2 rings (SSSR count). The second-order valence-electron chi connectivity index (χ2n) is 3.57. The summed E-state index contributed by atoms with van der Waals surface area (Å²) >= 11 is 9.18. The van der Waals surface area contributed by atoms with E-state index in [0.717, 1.165) is 15.7 Å². The van der Waals surface area contributed by atoms with Crippen LogP contribution in [0, 0.1) is 0 Å². The third kappa shape index (κ3) is 4.11. The van der Waals surface area contributed by atoms with Gasteiger partial charge in [-0.1, -0.05) is 45.7 Å². The highest BCUT2D eigenvalue weighted by atomic mass is 79.9. The first-order chi connectivity index (χ1) is 8.24. The van der Waals surface area contributed by atoms with Gasteiger partial charge in [-0.3, -0.25) is 0 Å². The van der Waals surface area contributed by atoms with Crippen LogP contribution in [-0.2, 0) is 18.0 Å². The topological polar surface area (TPSA) is 22.1 Å². The Morgan fingerprint density at radius 1 is 1.06 bits per heavy atom. The maximum atomic E-state index is 5.79. The largest absolute Gasteiger partial charge is 0.370 e. The number of ether oxygens (including phenoxy) is 1. The van der Waals surface area contributed by atoms with E-state index in [9.17, 15) is 0 Å². The summed E-state index contributed by atoms with van der Waals surface area (Å²) in [6.45, 7) is 1.04. The molecule has 0 N–H and O–H groups in total. The summed E-state index contributed by atoms with van der Waals surface area (Å²) < 4.78 is 6.63. The van der Waals surface area contributed by atoms with Crippen LogP contribution in [0.5, 0.6) is 0 Å². The van der Waals surface area contributed by atoms with E-state index in [1.165, 1.54) is 0 Å². The van der Waals surface area contributed by atoms with Gasteiger partial charge in [0.1, 0.15) is 5.15 Å². The van der Waals surface area contributed by atoms with Crippen molar-refractivity contribution in [2.75, 3.05) is 0 Å². The van der Waals surface area contributed by atoms with Crippen molar-refractivity contribution >= 4 is 27.5 Å². The summed E-state index contributed by atoms with van der Waals surface area (Å²) in [6.07, 6.45) is 0. The summed E-state index contributed by atoms with van der Waals surface area (Å²) in [5, 5.41) is 0.495. The van der Waals surface area contributed by atoms with Crippen LogP contribution in [0.4, 0.5) is 0 Å². The van der Waals surface area contributed by atoms with Crippen molar-refractivity contribution in [3.63, 3.8) is 0 Å². The lowest BCUT2D eigenvalue weighted by molar-refractivity contribution is 0.104. The van der Waals surface area contributed by atoms with Crippen molar-refractivity contribution in [2.24, 2.45) is 0 Å².